The Morgan fingerprint density at radius 3 is 2.40 bits per heavy atom. The largest absolute Gasteiger partial charge is 0.352 e. The third-order valence-electron chi connectivity index (χ3n) is 7.88. The number of rotatable bonds is 7. The fraction of sp³-hybridized carbons (Fsp3) is 0.680. The molecule has 2 aromatic rings. The average Bonchev–Trinajstić information content (AvgIpc) is 3.02. The molecule has 0 saturated heterocycles. The van der Waals surface area contributed by atoms with Gasteiger partial charge in [-0.15, -0.1) is 0 Å². The molecule has 1 aromatic carbocycles. The Labute approximate surface area is 184 Å². The predicted molar refractivity (Wildman–Crippen MR) is 124 cm³/mol. The Kier molecular flexibility index (Phi) is 5.37. The first kappa shape index (κ1) is 20.4. The lowest BCUT2D eigenvalue weighted by Crippen LogP contribution is -2.56. The minimum atomic E-state index is 0.159. The topological polar surface area (TPSA) is 46.9 Å². The van der Waals surface area contributed by atoms with Gasteiger partial charge in [0, 0.05) is 12.6 Å². The molecule has 4 fully saturated rings. The highest BCUT2D eigenvalue weighted by molar-refractivity contribution is 7.99. The molecule has 1 atom stereocenters. The van der Waals surface area contributed by atoms with E-state index in [1.165, 1.54) is 38.5 Å². The van der Waals surface area contributed by atoms with Gasteiger partial charge in [-0.1, -0.05) is 37.7 Å². The highest BCUT2D eigenvalue weighted by Crippen LogP contribution is 2.61. The molecule has 0 unspecified atom stereocenters. The van der Waals surface area contributed by atoms with E-state index in [-0.39, 0.29) is 11.9 Å². The van der Waals surface area contributed by atoms with Crippen LogP contribution in [-0.2, 0) is 11.3 Å². The van der Waals surface area contributed by atoms with Crippen molar-refractivity contribution in [1.82, 2.24) is 14.9 Å². The Morgan fingerprint density at radius 1 is 1.13 bits per heavy atom. The molecule has 6 rings (SSSR count). The van der Waals surface area contributed by atoms with Crippen LogP contribution in [0.4, 0.5) is 0 Å². The lowest BCUT2D eigenvalue weighted by Gasteiger charge is -2.59. The summed E-state index contributed by atoms with van der Waals surface area (Å²) in [5.74, 6) is 3.89. The van der Waals surface area contributed by atoms with Crippen LogP contribution < -0.4 is 5.32 Å². The molecule has 30 heavy (non-hydrogen) atoms. The van der Waals surface area contributed by atoms with E-state index in [0.29, 0.717) is 17.1 Å². The van der Waals surface area contributed by atoms with Gasteiger partial charge in [0.2, 0.25) is 5.91 Å². The van der Waals surface area contributed by atoms with E-state index in [0.717, 1.165) is 40.5 Å². The highest BCUT2D eigenvalue weighted by atomic mass is 32.2. The third-order valence-corrected chi connectivity index (χ3v) is 8.86. The number of nitrogens with one attached hydrogen (secondary N) is 1. The van der Waals surface area contributed by atoms with Crippen molar-refractivity contribution in [3.63, 3.8) is 0 Å². The molecule has 4 bridgehead atoms. The van der Waals surface area contributed by atoms with Crippen molar-refractivity contribution in [3.8, 4) is 0 Å². The van der Waals surface area contributed by atoms with Gasteiger partial charge in [0.05, 0.1) is 16.8 Å². The maximum absolute atomic E-state index is 12.9. The number of fused-ring (bicyclic) bond motifs is 1. The molecule has 5 heteroatoms. The van der Waals surface area contributed by atoms with Gasteiger partial charge >= 0.3 is 0 Å². The van der Waals surface area contributed by atoms with Crippen LogP contribution >= 0.6 is 11.8 Å². The zero-order valence-electron chi connectivity index (χ0n) is 18.6. The van der Waals surface area contributed by atoms with E-state index in [2.05, 4.69) is 48.9 Å². The zero-order chi connectivity index (χ0) is 20.9. The van der Waals surface area contributed by atoms with Gasteiger partial charge in [0.1, 0.15) is 0 Å². The third kappa shape index (κ3) is 3.79. The summed E-state index contributed by atoms with van der Waals surface area (Å²) in [5.41, 5.74) is 2.54. The van der Waals surface area contributed by atoms with E-state index < -0.39 is 0 Å². The number of thioether (sulfide) groups is 1. The lowest BCUT2D eigenvalue weighted by atomic mass is 9.48. The summed E-state index contributed by atoms with van der Waals surface area (Å²) in [6.07, 6.45) is 8.33. The van der Waals surface area contributed by atoms with Crippen molar-refractivity contribution in [3.05, 3.63) is 24.3 Å². The molecule has 4 saturated carbocycles. The number of hydrogen-bond donors (Lipinski definition) is 1. The van der Waals surface area contributed by atoms with Gasteiger partial charge in [-0.25, -0.2) is 4.98 Å². The molecule has 4 aliphatic carbocycles. The summed E-state index contributed by atoms with van der Waals surface area (Å²) in [6, 6.07) is 8.57. The van der Waals surface area contributed by atoms with Crippen LogP contribution in [0.25, 0.3) is 11.0 Å². The molecule has 1 heterocycles. The Bertz CT molecular complexity index is 898. The number of amides is 1. The van der Waals surface area contributed by atoms with E-state index in [1.807, 2.05) is 6.07 Å². The Morgan fingerprint density at radius 2 is 1.77 bits per heavy atom. The maximum atomic E-state index is 12.9. The number of carbonyl (C=O) groups excluding carboxylic acids is 1. The number of hydrogen-bond acceptors (Lipinski definition) is 3. The fourth-order valence-corrected chi connectivity index (χ4v) is 7.81. The molecular formula is C25H35N3OS. The van der Waals surface area contributed by atoms with Crippen molar-refractivity contribution in [2.75, 3.05) is 5.75 Å². The number of nitrogens with zero attached hydrogens (tertiary/aromatic N) is 2. The second-order valence-electron chi connectivity index (χ2n) is 10.7. The standard InChI is InChI=1S/C25H35N3OS/c1-16(2)14-28-22-7-5-4-6-21(22)27-24(28)30-15-23(29)26-17(3)25-11-18-8-19(12-25)10-20(9-18)13-25/h4-7,16-20H,8-15H2,1-3H3,(H,26,29)/t17-,18?,19?,20?,25?/m0/s1. The number of benzene rings is 1. The smallest absolute Gasteiger partial charge is 0.230 e. The van der Waals surface area contributed by atoms with E-state index in [4.69, 9.17) is 4.98 Å². The van der Waals surface area contributed by atoms with E-state index in [9.17, 15) is 4.79 Å². The minimum absolute atomic E-state index is 0.159. The van der Waals surface area contributed by atoms with Crippen LogP contribution in [0.15, 0.2) is 29.4 Å². The molecule has 4 aliphatic rings. The molecular weight excluding hydrogens is 390 g/mol. The number of aromatic nitrogens is 2. The lowest BCUT2D eigenvalue weighted by molar-refractivity contribution is -0.123. The van der Waals surface area contributed by atoms with E-state index in [1.54, 1.807) is 11.8 Å². The van der Waals surface area contributed by atoms with Crippen molar-refractivity contribution in [1.29, 1.82) is 0 Å². The molecule has 162 valence electrons. The molecule has 4 nitrogen and oxygen atoms in total. The van der Waals surface area contributed by atoms with Gasteiger partial charge in [-0.2, -0.15) is 0 Å². The monoisotopic (exact) mass is 425 g/mol. The fourth-order valence-electron chi connectivity index (χ4n) is 6.98. The first-order valence-electron chi connectivity index (χ1n) is 11.8. The summed E-state index contributed by atoms with van der Waals surface area (Å²) in [7, 11) is 0. The summed E-state index contributed by atoms with van der Waals surface area (Å²) < 4.78 is 2.28. The van der Waals surface area contributed by atoms with Crippen molar-refractivity contribution >= 4 is 28.7 Å². The van der Waals surface area contributed by atoms with Gasteiger partial charge in [0.25, 0.3) is 0 Å². The first-order valence-corrected chi connectivity index (χ1v) is 12.8. The van der Waals surface area contributed by atoms with Crippen LogP contribution in [0.5, 0.6) is 0 Å². The first-order chi connectivity index (χ1) is 14.4. The molecule has 1 amide bonds. The van der Waals surface area contributed by atoms with Crippen LogP contribution in [0.3, 0.4) is 0 Å². The summed E-state index contributed by atoms with van der Waals surface area (Å²) in [6.45, 7) is 7.64. The SMILES string of the molecule is CC(C)Cn1c(SCC(=O)N[C@@H](C)C23CC4CC(CC(C4)C2)C3)nc2ccccc21. The summed E-state index contributed by atoms with van der Waals surface area (Å²) >= 11 is 1.58. The quantitative estimate of drug-likeness (QED) is 0.595. The van der Waals surface area contributed by atoms with Crippen molar-refractivity contribution in [2.24, 2.45) is 29.1 Å². The van der Waals surface area contributed by atoms with Crippen LogP contribution in [0.1, 0.15) is 59.3 Å². The van der Waals surface area contributed by atoms with Crippen LogP contribution in [0, 0.1) is 29.1 Å². The normalized spacial score (nSPS) is 30.9. The molecule has 1 aromatic heterocycles. The second-order valence-corrected chi connectivity index (χ2v) is 11.7. The van der Waals surface area contributed by atoms with Crippen molar-refractivity contribution < 1.29 is 4.79 Å². The zero-order valence-corrected chi connectivity index (χ0v) is 19.4. The van der Waals surface area contributed by atoms with Gasteiger partial charge in [0.15, 0.2) is 5.16 Å². The molecule has 0 spiro atoms. The summed E-state index contributed by atoms with van der Waals surface area (Å²) in [5, 5.41) is 4.37. The van der Waals surface area contributed by atoms with Crippen molar-refractivity contribution in [2.45, 2.75) is 77.0 Å². The molecule has 1 N–H and O–H groups in total. The van der Waals surface area contributed by atoms with Gasteiger partial charge in [-0.05, 0) is 86.7 Å². The number of carbonyl (C=O) groups is 1. The Balaban J connectivity index is 1.25. The maximum Gasteiger partial charge on any atom is 0.230 e. The van der Waals surface area contributed by atoms with E-state index >= 15 is 0 Å². The number of imidazole rings is 1. The number of para-hydroxylation sites is 2. The van der Waals surface area contributed by atoms with Gasteiger partial charge < -0.3 is 9.88 Å². The second kappa shape index (κ2) is 7.89. The van der Waals surface area contributed by atoms with Gasteiger partial charge in [-0.3, -0.25) is 4.79 Å². The Hall–Kier alpha value is -1.49. The minimum Gasteiger partial charge on any atom is -0.352 e. The summed E-state index contributed by atoms with van der Waals surface area (Å²) in [4.78, 5) is 17.7. The predicted octanol–water partition coefficient (Wildman–Crippen LogP) is 5.51. The highest BCUT2D eigenvalue weighted by Gasteiger charge is 2.53. The van der Waals surface area contributed by atoms with Crippen LogP contribution in [-0.4, -0.2) is 27.3 Å². The molecule has 0 aliphatic heterocycles. The average molecular weight is 426 g/mol. The molecule has 0 radical (unpaired) electrons. The van der Waals surface area contributed by atoms with Crippen LogP contribution in [0.2, 0.25) is 0 Å².